The summed E-state index contributed by atoms with van der Waals surface area (Å²) < 4.78 is 5.14. The summed E-state index contributed by atoms with van der Waals surface area (Å²) in [5.41, 5.74) is 0. The highest BCUT2D eigenvalue weighted by molar-refractivity contribution is 5.87. The topological polar surface area (TPSA) is 82.8 Å². The van der Waals surface area contributed by atoms with Crippen LogP contribution in [-0.4, -0.2) is 47.6 Å². The minimum atomic E-state index is -1.24. The molecule has 1 aromatic rings. The van der Waals surface area contributed by atoms with Crippen molar-refractivity contribution in [1.29, 1.82) is 0 Å². The van der Waals surface area contributed by atoms with Crippen molar-refractivity contribution in [1.82, 2.24) is 10.2 Å². The summed E-state index contributed by atoms with van der Waals surface area (Å²) in [5, 5.41) is 12.4. The van der Waals surface area contributed by atoms with Crippen LogP contribution in [0.25, 0.3) is 0 Å². The van der Waals surface area contributed by atoms with Crippen LogP contribution >= 0.6 is 0 Å². The molecule has 2 N–H and O–H groups in total. The largest absolute Gasteiger partial charge is 0.469 e. The van der Waals surface area contributed by atoms with E-state index in [0.717, 1.165) is 18.6 Å². The Labute approximate surface area is 117 Å². The highest BCUT2D eigenvalue weighted by atomic mass is 16.3. The van der Waals surface area contributed by atoms with Gasteiger partial charge in [0.2, 0.25) is 5.91 Å². The van der Waals surface area contributed by atoms with E-state index in [9.17, 15) is 14.7 Å². The van der Waals surface area contributed by atoms with Crippen molar-refractivity contribution in [3.8, 4) is 0 Å². The predicted molar refractivity (Wildman–Crippen MR) is 71.9 cm³/mol. The summed E-state index contributed by atoms with van der Waals surface area (Å²) in [7, 11) is 0. The van der Waals surface area contributed by atoms with Crippen molar-refractivity contribution in [2.45, 2.75) is 31.8 Å². The summed E-state index contributed by atoms with van der Waals surface area (Å²) in [6, 6.07) is 3.62. The maximum absolute atomic E-state index is 11.8. The molecule has 0 aromatic carbocycles. The fourth-order valence-electron chi connectivity index (χ4n) is 2.26. The standard InChI is InChI=1S/C14H20N2O4/c17-12(14(19)16-7-1-2-8-16)10-13(18)15-6-5-11-4-3-9-20-11/h3-4,9,12,17H,1-2,5-8,10H2,(H,15,18)/t12-/m1/s1. The molecule has 0 spiro atoms. The van der Waals surface area contributed by atoms with Crippen molar-refractivity contribution in [2.75, 3.05) is 19.6 Å². The lowest BCUT2D eigenvalue weighted by atomic mass is 10.2. The first-order valence-corrected chi connectivity index (χ1v) is 6.93. The number of rotatable bonds is 6. The van der Waals surface area contributed by atoms with Gasteiger partial charge in [-0.25, -0.2) is 0 Å². The van der Waals surface area contributed by atoms with Crippen LogP contribution in [-0.2, 0) is 16.0 Å². The van der Waals surface area contributed by atoms with Gasteiger partial charge in [-0.1, -0.05) is 0 Å². The quantitative estimate of drug-likeness (QED) is 0.785. The van der Waals surface area contributed by atoms with Gasteiger partial charge in [-0.3, -0.25) is 9.59 Å². The molecule has 2 heterocycles. The molecule has 0 radical (unpaired) electrons. The molecule has 110 valence electrons. The number of aliphatic hydroxyl groups excluding tert-OH is 1. The van der Waals surface area contributed by atoms with Gasteiger partial charge in [-0.05, 0) is 25.0 Å². The molecule has 1 fully saturated rings. The summed E-state index contributed by atoms with van der Waals surface area (Å²) >= 11 is 0. The van der Waals surface area contributed by atoms with Gasteiger partial charge >= 0.3 is 0 Å². The number of furan rings is 1. The third kappa shape index (κ3) is 4.09. The lowest BCUT2D eigenvalue weighted by molar-refractivity contribution is -0.142. The minimum Gasteiger partial charge on any atom is -0.469 e. The zero-order valence-corrected chi connectivity index (χ0v) is 11.4. The van der Waals surface area contributed by atoms with Gasteiger partial charge in [0.1, 0.15) is 11.9 Å². The van der Waals surface area contributed by atoms with E-state index in [2.05, 4.69) is 5.32 Å². The van der Waals surface area contributed by atoms with Gasteiger partial charge in [0, 0.05) is 26.1 Å². The highest BCUT2D eigenvalue weighted by Gasteiger charge is 2.26. The molecule has 0 bridgehead atoms. The Morgan fingerprint density at radius 2 is 2.15 bits per heavy atom. The first kappa shape index (κ1) is 14.6. The van der Waals surface area contributed by atoms with Gasteiger partial charge in [0.25, 0.3) is 5.91 Å². The van der Waals surface area contributed by atoms with Crippen molar-refractivity contribution in [2.24, 2.45) is 0 Å². The Balaban J connectivity index is 1.66. The van der Waals surface area contributed by atoms with E-state index in [4.69, 9.17) is 4.42 Å². The lowest BCUT2D eigenvalue weighted by Gasteiger charge is -2.19. The third-order valence-electron chi connectivity index (χ3n) is 3.36. The average Bonchev–Trinajstić information content (AvgIpc) is 3.10. The SMILES string of the molecule is O=C(C[C@@H](O)C(=O)N1CCCC1)NCCc1ccco1. The normalized spacial score (nSPS) is 16.1. The number of hydrogen-bond donors (Lipinski definition) is 2. The van der Waals surface area contributed by atoms with Gasteiger partial charge in [-0.15, -0.1) is 0 Å². The van der Waals surface area contributed by atoms with Crippen LogP contribution in [0.5, 0.6) is 0 Å². The first-order valence-electron chi connectivity index (χ1n) is 6.93. The molecule has 1 aromatic heterocycles. The molecule has 0 saturated carbocycles. The zero-order chi connectivity index (χ0) is 14.4. The number of amides is 2. The average molecular weight is 280 g/mol. The van der Waals surface area contributed by atoms with Crippen LogP contribution in [0.4, 0.5) is 0 Å². The molecule has 1 aliphatic rings. The second-order valence-corrected chi connectivity index (χ2v) is 4.93. The Hall–Kier alpha value is -1.82. The number of carbonyl (C=O) groups is 2. The monoisotopic (exact) mass is 280 g/mol. The number of likely N-dealkylation sites (tertiary alicyclic amines) is 1. The van der Waals surface area contributed by atoms with Crippen molar-refractivity contribution in [3.63, 3.8) is 0 Å². The van der Waals surface area contributed by atoms with E-state index >= 15 is 0 Å². The van der Waals surface area contributed by atoms with Crippen molar-refractivity contribution >= 4 is 11.8 Å². The molecule has 6 nitrogen and oxygen atoms in total. The molecule has 20 heavy (non-hydrogen) atoms. The molecule has 0 aliphatic carbocycles. The maximum Gasteiger partial charge on any atom is 0.251 e. The zero-order valence-electron chi connectivity index (χ0n) is 11.4. The molecule has 6 heteroatoms. The van der Waals surface area contributed by atoms with Crippen LogP contribution in [0.15, 0.2) is 22.8 Å². The molecule has 0 unspecified atom stereocenters. The maximum atomic E-state index is 11.8. The van der Waals surface area contributed by atoms with Crippen LogP contribution in [0, 0.1) is 0 Å². The number of aliphatic hydroxyl groups is 1. The van der Waals surface area contributed by atoms with Gasteiger partial charge in [-0.2, -0.15) is 0 Å². The Bertz CT molecular complexity index is 438. The van der Waals surface area contributed by atoms with E-state index in [1.165, 1.54) is 0 Å². The molecule has 1 atom stereocenters. The van der Waals surface area contributed by atoms with Gasteiger partial charge < -0.3 is 19.7 Å². The summed E-state index contributed by atoms with van der Waals surface area (Å²) in [6.45, 7) is 1.78. The molecule has 1 saturated heterocycles. The van der Waals surface area contributed by atoms with Crippen LogP contribution < -0.4 is 5.32 Å². The number of hydrogen-bond acceptors (Lipinski definition) is 4. The Morgan fingerprint density at radius 3 is 2.80 bits per heavy atom. The second-order valence-electron chi connectivity index (χ2n) is 4.93. The van der Waals surface area contributed by atoms with Gasteiger partial charge in [0.05, 0.1) is 12.7 Å². The predicted octanol–water partition coefficient (Wildman–Crippen LogP) is 0.312. The van der Waals surface area contributed by atoms with E-state index in [1.807, 2.05) is 6.07 Å². The Kier molecular flexibility index (Phi) is 5.17. The molecular weight excluding hydrogens is 260 g/mol. The summed E-state index contributed by atoms with van der Waals surface area (Å²) in [6.07, 6.45) is 2.68. The highest BCUT2D eigenvalue weighted by Crippen LogP contribution is 2.10. The van der Waals surface area contributed by atoms with Crippen molar-refractivity contribution in [3.05, 3.63) is 24.2 Å². The number of nitrogens with zero attached hydrogens (tertiary/aromatic N) is 1. The summed E-state index contributed by atoms with van der Waals surface area (Å²) in [4.78, 5) is 25.1. The summed E-state index contributed by atoms with van der Waals surface area (Å²) in [5.74, 6) is 0.124. The Morgan fingerprint density at radius 1 is 1.40 bits per heavy atom. The minimum absolute atomic E-state index is 0.187. The van der Waals surface area contributed by atoms with Crippen LogP contribution in [0.1, 0.15) is 25.0 Å². The second kappa shape index (κ2) is 7.09. The van der Waals surface area contributed by atoms with E-state index < -0.39 is 6.10 Å². The fraction of sp³-hybridized carbons (Fsp3) is 0.571. The van der Waals surface area contributed by atoms with E-state index in [-0.39, 0.29) is 18.2 Å². The molecular formula is C14H20N2O4. The number of carbonyl (C=O) groups excluding carboxylic acids is 2. The van der Waals surface area contributed by atoms with E-state index in [1.54, 1.807) is 17.2 Å². The van der Waals surface area contributed by atoms with Gasteiger partial charge in [0.15, 0.2) is 0 Å². The molecule has 1 aliphatic heterocycles. The third-order valence-corrected chi connectivity index (χ3v) is 3.36. The van der Waals surface area contributed by atoms with Crippen LogP contribution in [0.2, 0.25) is 0 Å². The van der Waals surface area contributed by atoms with Crippen molar-refractivity contribution < 1.29 is 19.1 Å². The first-order chi connectivity index (χ1) is 9.66. The molecule has 2 amide bonds. The van der Waals surface area contributed by atoms with Crippen LogP contribution in [0.3, 0.4) is 0 Å². The fourth-order valence-corrected chi connectivity index (χ4v) is 2.26. The smallest absolute Gasteiger partial charge is 0.251 e. The lowest BCUT2D eigenvalue weighted by Crippen LogP contribution is -2.40. The number of nitrogens with one attached hydrogen (secondary N) is 1. The molecule has 2 rings (SSSR count). The van der Waals surface area contributed by atoms with E-state index in [0.29, 0.717) is 26.1 Å².